The topological polar surface area (TPSA) is 75.7 Å². The lowest BCUT2D eigenvalue weighted by Crippen LogP contribution is -2.41. The van der Waals surface area contributed by atoms with E-state index in [1.165, 1.54) is 11.3 Å². The van der Waals surface area contributed by atoms with Crippen LogP contribution in [0.5, 0.6) is 0 Å². The number of carbonyl (C=O) groups is 1. The Bertz CT molecular complexity index is 825. The first-order chi connectivity index (χ1) is 12.5. The number of nitrogens with one attached hydrogen (secondary N) is 1. The number of anilines is 1. The number of methoxy groups -OCH3 is 1. The fourth-order valence-electron chi connectivity index (χ4n) is 2.94. The molecule has 1 saturated heterocycles. The van der Waals surface area contributed by atoms with Crippen LogP contribution in [0.4, 0.5) is 5.69 Å². The average Bonchev–Trinajstić information content (AvgIpc) is 3.19. The number of likely N-dealkylation sites (tertiary alicyclic amines) is 1. The first-order valence-corrected chi connectivity index (χ1v) is 10.8. The molecular formula is C18H22N2O4S2. The minimum Gasteiger partial charge on any atom is -0.381 e. The lowest BCUT2D eigenvalue weighted by atomic mass is 10.1. The van der Waals surface area contributed by atoms with Gasteiger partial charge >= 0.3 is 0 Å². The second-order valence-electron chi connectivity index (χ2n) is 6.23. The highest BCUT2D eigenvalue weighted by Gasteiger charge is 2.22. The van der Waals surface area contributed by atoms with Crippen LogP contribution in [0.25, 0.3) is 0 Å². The van der Waals surface area contributed by atoms with E-state index in [1.807, 2.05) is 4.90 Å². The molecule has 0 aliphatic carbocycles. The van der Waals surface area contributed by atoms with E-state index in [2.05, 4.69) is 4.72 Å². The van der Waals surface area contributed by atoms with Gasteiger partial charge in [0, 0.05) is 25.9 Å². The maximum absolute atomic E-state index is 12.4. The molecule has 1 fully saturated rings. The van der Waals surface area contributed by atoms with Crippen molar-refractivity contribution in [3.63, 3.8) is 0 Å². The van der Waals surface area contributed by atoms with Gasteiger partial charge in [0.1, 0.15) is 4.21 Å². The summed E-state index contributed by atoms with van der Waals surface area (Å²) in [5.74, 6) is 0.0893. The summed E-state index contributed by atoms with van der Waals surface area (Å²) in [6, 6.07) is 10.2. The SMILES string of the molecule is COC1CCN(C(=O)Cc2ccc(NS(=O)(=O)c3cccs3)cc2)CC1. The van der Waals surface area contributed by atoms with Crippen LogP contribution in [-0.4, -0.2) is 45.5 Å². The van der Waals surface area contributed by atoms with Gasteiger partial charge in [-0.2, -0.15) is 0 Å². The third kappa shape index (κ3) is 4.63. The van der Waals surface area contributed by atoms with Crippen LogP contribution in [0, 0.1) is 0 Å². The molecular weight excluding hydrogens is 372 g/mol. The van der Waals surface area contributed by atoms with Crippen LogP contribution >= 0.6 is 11.3 Å². The van der Waals surface area contributed by atoms with E-state index >= 15 is 0 Å². The van der Waals surface area contributed by atoms with E-state index in [4.69, 9.17) is 4.74 Å². The zero-order chi connectivity index (χ0) is 18.6. The van der Waals surface area contributed by atoms with Crippen LogP contribution in [0.1, 0.15) is 18.4 Å². The summed E-state index contributed by atoms with van der Waals surface area (Å²) in [7, 11) is -1.84. The van der Waals surface area contributed by atoms with Gasteiger partial charge in [-0.1, -0.05) is 18.2 Å². The number of nitrogens with zero attached hydrogens (tertiary/aromatic N) is 1. The van der Waals surface area contributed by atoms with Crippen molar-refractivity contribution in [2.24, 2.45) is 0 Å². The van der Waals surface area contributed by atoms with Crippen molar-refractivity contribution in [3.05, 3.63) is 47.3 Å². The molecule has 0 spiro atoms. The number of sulfonamides is 1. The Labute approximate surface area is 157 Å². The molecule has 0 bridgehead atoms. The quantitative estimate of drug-likeness (QED) is 0.817. The van der Waals surface area contributed by atoms with Crippen LogP contribution in [0.3, 0.4) is 0 Å². The number of piperidine rings is 1. The third-order valence-corrected chi connectivity index (χ3v) is 7.23. The van der Waals surface area contributed by atoms with Crippen molar-refractivity contribution >= 4 is 33.0 Å². The molecule has 0 atom stereocenters. The normalized spacial score (nSPS) is 15.8. The highest BCUT2D eigenvalue weighted by atomic mass is 32.2. The summed E-state index contributed by atoms with van der Waals surface area (Å²) >= 11 is 1.17. The molecule has 3 rings (SSSR count). The summed E-state index contributed by atoms with van der Waals surface area (Å²) in [6.45, 7) is 1.44. The lowest BCUT2D eigenvalue weighted by molar-refractivity contribution is -0.132. The van der Waals surface area contributed by atoms with Crippen LogP contribution in [0.2, 0.25) is 0 Å². The number of hydrogen-bond acceptors (Lipinski definition) is 5. The van der Waals surface area contributed by atoms with Crippen LogP contribution < -0.4 is 4.72 Å². The molecule has 1 aliphatic rings. The molecule has 1 aromatic carbocycles. The van der Waals surface area contributed by atoms with Crippen molar-refractivity contribution in [2.75, 3.05) is 24.9 Å². The number of benzene rings is 1. The smallest absolute Gasteiger partial charge is 0.271 e. The number of amides is 1. The molecule has 1 aliphatic heterocycles. The van der Waals surface area contributed by atoms with Crippen molar-refractivity contribution in [2.45, 2.75) is 29.6 Å². The molecule has 1 amide bonds. The van der Waals surface area contributed by atoms with Gasteiger partial charge < -0.3 is 9.64 Å². The summed E-state index contributed by atoms with van der Waals surface area (Å²) in [6.07, 6.45) is 2.29. The third-order valence-electron chi connectivity index (χ3n) is 4.45. The lowest BCUT2D eigenvalue weighted by Gasteiger charge is -2.31. The molecule has 0 radical (unpaired) electrons. The van der Waals surface area contributed by atoms with E-state index in [0.29, 0.717) is 12.1 Å². The molecule has 1 N–H and O–H groups in total. The second kappa shape index (κ2) is 8.20. The zero-order valence-corrected chi connectivity index (χ0v) is 16.2. The molecule has 2 heterocycles. The Hall–Kier alpha value is -1.90. The largest absolute Gasteiger partial charge is 0.381 e. The molecule has 0 saturated carbocycles. The molecule has 1 aromatic heterocycles. The summed E-state index contributed by atoms with van der Waals surface area (Å²) < 4.78 is 32.6. The van der Waals surface area contributed by atoms with E-state index in [0.717, 1.165) is 31.5 Å². The van der Waals surface area contributed by atoms with Gasteiger partial charge in [-0.25, -0.2) is 8.42 Å². The van der Waals surface area contributed by atoms with E-state index < -0.39 is 10.0 Å². The number of carbonyl (C=O) groups excluding carboxylic acids is 1. The highest BCUT2D eigenvalue weighted by molar-refractivity contribution is 7.94. The second-order valence-corrected chi connectivity index (χ2v) is 9.08. The summed E-state index contributed by atoms with van der Waals surface area (Å²) in [4.78, 5) is 14.3. The number of rotatable bonds is 6. The number of ether oxygens (including phenoxy) is 1. The van der Waals surface area contributed by atoms with E-state index in [-0.39, 0.29) is 16.2 Å². The average molecular weight is 395 g/mol. The molecule has 26 heavy (non-hydrogen) atoms. The minimum atomic E-state index is -3.55. The maximum atomic E-state index is 12.4. The van der Waals surface area contributed by atoms with Gasteiger partial charge in [0.15, 0.2) is 0 Å². The monoisotopic (exact) mass is 394 g/mol. The van der Waals surface area contributed by atoms with Crippen molar-refractivity contribution in [1.29, 1.82) is 0 Å². The fraction of sp³-hybridized carbons (Fsp3) is 0.389. The van der Waals surface area contributed by atoms with E-state index in [9.17, 15) is 13.2 Å². The van der Waals surface area contributed by atoms with Gasteiger partial charge in [0.05, 0.1) is 12.5 Å². The number of hydrogen-bond donors (Lipinski definition) is 1. The predicted molar refractivity (Wildman–Crippen MR) is 102 cm³/mol. The molecule has 6 nitrogen and oxygen atoms in total. The first kappa shape index (κ1) is 18.9. The van der Waals surface area contributed by atoms with Gasteiger partial charge in [0.2, 0.25) is 5.91 Å². The van der Waals surface area contributed by atoms with Gasteiger partial charge in [-0.15, -0.1) is 11.3 Å². The molecule has 140 valence electrons. The minimum absolute atomic E-state index is 0.0893. The standard InChI is InChI=1S/C18H22N2O4S2/c1-24-16-8-10-20(11-9-16)17(21)13-14-4-6-15(7-5-14)19-26(22,23)18-3-2-12-25-18/h2-7,12,16,19H,8-11,13H2,1H3. The van der Waals surface area contributed by atoms with Crippen molar-refractivity contribution in [1.82, 2.24) is 4.90 Å². The summed E-state index contributed by atoms with van der Waals surface area (Å²) in [5.41, 5.74) is 1.35. The molecule has 8 heteroatoms. The van der Waals surface area contributed by atoms with Gasteiger partial charge in [-0.05, 0) is 42.0 Å². The Morgan fingerprint density at radius 2 is 1.92 bits per heavy atom. The first-order valence-electron chi connectivity index (χ1n) is 8.44. The zero-order valence-electron chi connectivity index (χ0n) is 14.6. The van der Waals surface area contributed by atoms with Crippen LogP contribution in [-0.2, 0) is 26.0 Å². The van der Waals surface area contributed by atoms with Crippen molar-refractivity contribution in [3.8, 4) is 0 Å². The van der Waals surface area contributed by atoms with Gasteiger partial charge in [-0.3, -0.25) is 9.52 Å². The van der Waals surface area contributed by atoms with E-state index in [1.54, 1.807) is 48.9 Å². The number of thiophene rings is 1. The van der Waals surface area contributed by atoms with Crippen LogP contribution in [0.15, 0.2) is 46.0 Å². The fourth-order valence-corrected chi connectivity index (χ4v) is 4.99. The Morgan fingerprint density at radius 3 is 2.50 bits per heavy atom. The predicted octanol–water partition coefficient (Wildman–Crippen LogP) is 2.73. The van der Waals surface area contributed by atoms with Crippen molar-refractivity contribution < 1.29 is 17.9 Å². The van der Waals surface area contributed by atoms with Gasteiger partial charge in [0.25, 0.3) is 10.0 Å². The Morgan fingerprint density at radius 1 is 1.23 bits per heavy atom. The molecule has 2 aromatic rings. The highest BCUT2D eigenvalue weighted by Crippen LogP contribution is 2.21. The summed E-state index contributed by atoms with van der Waals surface area (Å²) in [5, 5.41) is 1.72. The Kier molecular flexibility index (Phi) is 5.95. The molecule has 0 unspecified atom stereocenters. The Balaban J connectivity index is 1.57. The maximum Gasteiger partial charge on any atom is 0.271 e.